The quantitative estimate of drug-likeness (QED) is 0.638. The summed E-state index contributed by atoms with van der Waals surface area (Å²) in [5.41, 5.74) is 1.21. The molecule has 0 bridgehead atoms. The molecule has 0 saturated carbocycles. The minimum Gasteiger partial charge on any atom is -0.486 e. The van der Waals surface area contributed by atoms with Crippen LogP contribution in [0.25, 0.3) is 0 Å². The van der Waals surface area contributed by atoms with E-state index in [0.717, 1.165) is 29.7 Å². The number of rotatable bonds is 6. The van der Waals surface area contributed by atoms with Gasteiger partial charge in [-0.2, -0.15) is 0 Å². The summed E-state index contributed by atoms with van der Waals surface area (Å²) in [7, 11) is -3.84. The summed E-state index contributed by atoms with van der Waals surface area (Å²) in [5.74, 6) is 1.16. The summed E-state index contributed by atoms with van der Waals surface area (Å²) in [5, 5.41) is 0. The van der Waals surface area contributed by atoms with E-state index in [4.69, 9.17) is 9.47 Å². The van der Waals surface area contributed by atoms with Crippen LogP contribution in [0.1, 0.15) is 48.1 Å². The number of benzene rings is 2. The highest BCUT2D eigenvalue weighted by Crippen LogP contribution is 2.33. The molecule has 2 aromatic rings. The Morgan fingerprint density at radius 3 is 2.47 bits per heavy atom. The van der Waals surface area contributed by atoms with Crippen LogP contribution >= 0.6 is 11.8 Å². The normalized spacial score (nSPS) is 17.1. The zero-order valence-corrected chi connectivity index (χ0v) is 19.9. The fraction of sp³-hybridized carbons (Fsp3) is 0.435. The van der Waals surface area contributed by atoms with Crippen molar-refractivity contribution in [2.75, 3.05) is 32.6 Å². The van der Waals surface area contributed by atoms with Gasteiger partial charge >= 0.3 is 0 Å². The SMILES string of the molecule is CSc1ccc(S(=O)(=O)NC(C)c2ccc3c(c2)OCCO3)cc1C(=O)N1CCCCC1. The van der Waals surface area contributed by atoms with Gasteiger partial charge in [0.15, 0.2) is 11.5 Å². The van der Waals surface area contributed by atoms with Crippen molar-refractivity contribution in [3.8, 4) is 11.5 Å². The molecule has 2 aliphatic rings. The van der Waals surface area contributed by atoms with Crippen LogP contribution in [0.4, 0.5) is 0 Å². The molecule has 1 N–H and O–H groups in total. The highest BCUT2D eigenvalue weighted by Gasteiger charge is 2.25. The van der Waals surface area contributed by atoms with E-state index in [0.29, 0.717) is 43.4 Å². The van der Waals surface area contributed by atoms with Crippen LogP contribution in [0.2, 0.25) is 0 Å². The minimum absolute atomic E-state index is 0.0834. The van der Waals surface area contributed by atoms with Crippen molar-refractivity contribution in [1.29, 1.82) is 0 Å². The molecule has 0 aliphatic carbocycles. The maximum Gasteiger partial charge on any atom is 0.255 e. The summed E-state index contributed by atoms with van der Waals surface area (Å²) in [6.45, 7) is 4.16. The number of hydrogen-bond acceptors (Lipinski definition) is 6. The summed E-state index contributed by atoms with van der Waals surface area (Å²) in [6.07, 6.45) is 4.97. The largest absolute Gasteiger partial charge is 0.486 e. The van der Waals surface area contributed by atoms with E-state index < -0.39 is 16.1 Å². The van der Waals surface area contributed by atoms with Gasteiger partial charge in [0.1, 0.15) is 13.2 Å². The van der Waals surface area contributed by atoms with E-state index in [1.165, 1.54) is 17.8 Å². The van der Waals surface area contributed by atoms with E-state index in [1.807, 2.05) is 17.2 Å². The second kappa shape index (κ2) is 9.72. The standard InChI is InChI=1S/C23H28N2O5S2/c1-16(17-6-8-20-21(14-17)30-13-12-29-20)24-32(27,28)18-7-9-22(31-2)19(15-18)23(26)25-10-4-3-5-11-25/h6-9,14-16,24H,3-5,10-13H2,1-2H3. The van der Waals surface area contributed by atoms with Gasteiger partial charge in [-0.25, -0.2) is 13.1 Å². The maximum absolute atomic E-state index is 13.2. The third-order valence-corrected chi connectivity index (χ3v) is 8.09. The lowest BCUT2D eigenvalue weighted by molar-refractivity contribution is 0.0720. The van der Waals surface area contributed by atoms with Crippen LogP contribution in [-0.4, -0.2) is 51.8 Å². The Hall–Kier alpha value is -2.23. The highest BCUT2D eigenvalue weighted by atomic mass is 32.2. The van der Waals surface area contributed by atoms with Gasteiger partial charge in [-0.1, -0.05) is 6.07 Å². The number of hydrogen-bond donors (Lipinski definition) is 1. The molecular formula is C23H28N2O5S2. The van der Waals surface area contributed by atoms with Crippen LogP contribution in [0.5, 0.6) is 11.5 Å². The molecule has 1 saturated heterocycles. The number of likely N-dealkylation sites (tertiary alicyclic amines) is 1. The molecule has 2 aromatic carbocycles. The molecule has 7 nitrogen and oxygen atoms in total. The van der Waals surface area contributed by atoms with Crippen LogP contribution in [0.3, 0.4) is 0 Å². The molecule has 0 aromatic heterocycles. The van der Waals surface area contributed by atoms with Crippen molar-refractivity contribution < 1.29 is 22.7 Å². The van der Waals surface area contributed by atoms with Gasteiger partial charge in [0.2, 0.25) is 10.0 Å². The number of amides is 1. The van der Waals surface area contributed by atoms with Gasteiger partial charge in [0, 0.05) is 24.0 Å². The van der Waals surface area contributed by atoms with E-state index >= 15 is 0 Å². The first-order valence-corrected chi connectivity index (χ1v) is 13.5. The maximum atomic E-state index is 13.2. The lowest BCUT2D eigenvalue weighted by Gasteiger charge is -2.27. The molecule has 0 radical (unpaired) electrons. The lowest BCUT2D eigenvalue weighted by Crippen LogP contribution is -2.36. The first-order chi connectivity index (χ1) is 15.4. The predicted molar refractivity (Wildman–Crippen MR) is 124 cm³/mol. The van der Waals surface area contributed by atoms with Crippen molar-refractivity contribution in [2.24, 2.45) is 0 Å². The van der Waals surface area contributed by atoms with Crippen molar-refractivity contribution in [3.63, 3.8) is 0 Å². The fourth-order valence-electron chi connectivity index (χ4n) is 3.99. The fourth-order valence-corrected chi connectivity index (χ4v) is 5.81. The Balaban J connectivity index is 1.57. The number of nitrogens with zero attached hydrogens (tertiary/aromatic N) is 1. The van der Waals surface area contributed by atoms with Gasteiger partial charge in [-0.05, 0) is 68.3 Å². The second-order valence-electron chi connectivity index (χ2n) is 7.96. The van der Waals surface area contributed by atoms with Gasteiger partial charge in [0.25, 0.3) is 5.91 Å². The molecule has 9 heteroatoms. The predicted octanol–water partition coefficient (Wildman–Crippen LogP) is 3.85. The Labute approximate surface area is 193 Å². The summed E-state index contributed by atoms with van der Waals surface area (Å²) < 4.78 is 40.2. The number of piperidine rings is 1. The Morgan fingerprint density at radius 1 is 1.03 bits per heavy atom. The molecule has 172 valence electrons. The molecule has 2 aliphatic heterocycles. The van der Waals surface area contributed by atoms with E-state index in [1.54, 1.807) is 31.2 Å². The van der Waals surface area contributed by atoms with Crippen molar-refractivity contribution in [3.05, 3.63) is 47.5 Å². The van der Waals surface area contributed by atoms with Gasteiger partial charge in [0.05, 0.1) is 10.5 Å². The van der Waals surface area contributed by atoms with Gasteiger partial charge < -0.3 is 14.4 Å². The van der Waals surface area contributed by atoms with Crippen molar-refractivity contribution in [1.82, 2.24) is 9.62 Å². The number of carbonyl (C=O) groups is 1. The molecule has 2 heterocycles. The van der Waals surface area contributed by atoms with E-state index in [2.05, 4.69) is 4.72 Å². The molecule has 0 spiro atoms. The van der Waals surface area contributed by atoms with Gasteiger partial charge in [-0.3, -0.25) is 4.79 Å². The Kier molecular flexibility index (Phi) is 6.97. The number of ether oxygens (including phenoxy) is 2. The minimum atomic E-state index is -3.84. The van der Waals surface area contributed by atoms with Gasteiger partial charge in [-0.15, -0.1) is 11.8 Å². The van der Waals surface area contributed by atoms with Crippen molar-refractivity contribution >= 4 is 27.7 Å². The number of sulfonamides is 1. The Bertz CT molecular complexity index is 1100. The van der Waals surface area contributed by atoms with Crippen molar-refractivity contribution in [2.45, 2.75) is 42.0 Å². The Morgan fingerprint density at radius 2 is 1.75 bits per heavy atom. The van der Waals surface area contributed by atoms with Crippen LogP contribution in [0.15, 0.2) is 46.2 Å². The zero-order chi connectivity index (χ0) is 22.7. The topological polar surface area (TPSA) is 84.9 Å². The first-order valence-electron chi connectivity index (χ1n) is 10.8. The van der Waals surface area contributed by atoms with E-state index in [-0.39, 0.29) is 10.8 Å². The molecule has 4 rings (SSSR count). The average molecular weight is 477 g/mol. The molecule has 32 heavy (non-hydrogen) atoms. The van der Waals surface area contributed by atoms with E-state index in [9.17, 15) is 13.2 Å². The monoisotopic (exact) mass is 476 g/mol. The van der Waals surface area contributed by atoms with Crippen LogP contribution in [0, 0.1) is 0 Å². The molecule has 1 atom stereocenters. The first kappa shape index (κ1) is 22.9. The molecule has 1 amide bonds. The number of carbonyl (C=O) groups excluding carboxylic acids is 1. The highest BCUT2D eigenvalue weighted by molar-refractivity contribution is 7.98. The molecule has 1 unspecified atom stereocenters. The lowest BCUT2D eigenvalue weighted by atomic mass is 10.1. The number of nitrogens with one attached hydrogen (secondary N) is 1. The smallest absolute Gasteiger partial charge is 0.255 e. The zero-order valence-electron chi connectivity index (χ0n) is 18.3. The summed E-state index contributed by atoms with van der Waals surface area (Å²) in [6, 6.07) is 9.69. The number of thioether (sulfide) groups is 1. The van der Waals surface area contributed by atoms with Crippen LogP contribution < -0.4 is 14.2 Å². The molecule has 1 fully saturated rings. The average Bonchev–Trinajstić information content (AvgIpc) is 2.83. The molecular weight excluding hydrogens is 448 g/mol. The summed E-state index contributed by atoms with van der Waals surface area (Å²) in [4.78, 5) is 15.8. The summed E-state index contributed by atoms with van der Waals surface area (Å²) >= 11 is 1.44. The third-order valence-electron chi connectivity index (χ3n) is 5.75. The third kappa shape index (κ3) is 4.89. The second-order valence-corrected chi connectivity index (χ2v) is 10.5. The number of fused-ring (bicyclic) bond motifs is 1. The van der Waals surface area contributed by atoms with Crippen LogP contribution in [-0.2, 0) is 10.0 Å².